The molecule has 0 bridgehead atoms. The van der Waals surface area contributed by atoms with E-state index in [-0.39, 0.29) is 0 Å². The van der Waals surface area contributed by atoms with Gasteiger partial charge in [-0.05, 0) is 44.9 Å². The molecule has 0 saturated carbocycles. The van der Waals surface area contributed by atoms with Gasteiger partial charge in [0.2, 0.25) is 0 Å². The third-order valence-corrected chi connectivity index (χ3v) is 4.55. The van der Waals surface area contributed by atoms with Gasteiger partial charge in [0.25, 0.3) is 0 Å². The zero-order chi connectivity index (χ0) is 13.5. The standard InChI is InChI=1S/C15H31N3O/c1-3-17-9-10-19-15(12-17)13-18(4-2)11-14-5-7-16-8-6-14/h14-16H,3-13H2,1-2H3. The molecular weight excluding hydrogens is 238 g/mol. The molecule has 0 amide bonds. The van der Waals surface area contributed by atoms with Crippen molar-refractivity contribution in [1.82, 2.24) is 15.1 Å². The molecule has 2 fully saturated rings. The fourth-order valence-corrected chi connectivity index (χ4v) is 3.23. The lowest BCUT2D eigenvalue weighted by molar-refractivity contribution is -0.0431. The number of hydrogen-bond acceptors (Lipinski definition) is 4. The van der Waals surface area contributed by atoms with E-state index in [2.05, 4.69) is 29.0 Å². The molecule has 0 aliphatic carbocycles. The lowest BCUT2D eigenvalue weighted by Crippen LogP contribution is -2.48. The molecule has 0 aromatic rings. The van der Waals surface area contributed by atoms with Gasteiger partial charge in [-0.25, -0.2) is 0 Å². The molecule has 0 radical (unpaired) electrons. The van der Waals surface area contributed by atoms with E-state index in [0.29, 0.717) is 6.10 Å². The summed E-state index contributed by atoms with van der Waals surface area (Å²) in [6, 6.07) is 0. The predicted molar refractivity (Wildman–Crippen MR) is 79.6 cm³/mol. The first-order chi connectivity index (χ1) is 9.31. The van der Waals surface area contributed by atoms with Crippen LogP contribution in [0.4, 0.5) is 0 Å². The van der Waals surface area contributed by atoms with Crippen molar-refractivity contribution in [3.05, 3.63) is 0 Å². The van der Waals surface area contributed by atoms with Gasteiger partial charge >= 0.3 is 0 Å². The summed E-state index contributed by atoms with van der Waals surface area (Å²) in [6.45, 7) is 14.7. The summed E-state index contributed by atoms with van der Waals surface area (Å²) in [5, 5.41) is 3.45. The molecule has 19 heavy (non-hydrogen) atoms. The van der Waals surface area contributed by atoms with E-state index in [1.54, 1.807) is 0 Å². The molecule has 2 rings (SSSR count). The first-order valence-corrected chi connectivity index (χ1v) is 8.08. The van der Waals surface area contributed by atoms with Crippen molar-refractivity contribution in [2.45, 2.75) is 32.8 Å². The number of morpholine rings is 1. The Morgan fingerprint density at radius 2 is 2.00 bits per heavy atom. The quantitative estimate of drug-likeness (QED) is 0.779. The van der Waals surface area contributed by atoms with Crippen LogP contribution in [0, 0.1) is 5.92 Å². The lowest BCUT2D eigenvalue weighted by atomic mass is 9.97. The van der Waals surface area contributed by atoms with Crippen molar-refractivity contribution in [1.29, 1.82) is 0 Å². The smallest absolute Gasteiger partial charge is 0.0829 e. The van der Waals surface area contributed by atoms with E-state index in [1.807, 2.05) is 0 Å². The Morgan fingerprint density at radius 1 is 1.21 bits per heavy atom. The van der Waals surface area contributed by atoms with Crippen LogP contribution in [0.5, 0.6) is 0 Å². The summed E-state index contributed by atoms with van der Waals surface area (Å²) in [6.07, 6.45) is 3.09. The molecule has 1 N–H and O–H groups in total. The van der Waals surface area contributed by atoms with Crippen LogP contribution in [0.1, 0.15) is 26.7 Å². The summed E-state index contributed by atoms with van der Waals surface area (Å²) in [5.41, 5.74) is 0. The highest BCUT2D eigenvalue weighted by Crippen LogP contribution is 2.15. The maximum Gasteiger partial charge on any atom is 0.0829 e. The number of hydrogen-bond donors (Lipinski definition) is 1. The minimum atomic E-state index is 0.412. The first-order valence-electron chi connectivity index (χ1n) is 8.08. The highest BCUT2D eigenvalue weighted by Gasteiger charge is 2.23. The molecule has 2 saturated heterocycles. The van der Waals surface area contributed by atoms with Gasteiger partial charge in [-0.15, -0.1) is 0 Å². The summed E-state index contributed by atoms with van der Waals surface area (Å²) in [4.78, 5) is 5.10. The van der Waals surface area contributed by atoms with Gasteiger partial charge in [0.05, 0.1) is 12.7 Å². The molecule has 2 heterocycles. The summed E-state index contributed by atoms with van der Waals surface area (Å²) >= 11 is 0. The van der Waals surface area contributed by atoms with Gasteiger partial charge in [-0.1, -0.05) is 13.8 Å². The first kappa shape index (κ1) is 15.2. The van der Waals surface area contributed by atoms with Crippen LogP contribution < -0.4 is 5.32 Å². The fourth-order valence-electron chi connectivity index (χ4n) is 3.23. The lowest BCUT2D eigenvalue weighted by Gasteiger charge is -2.36. The Balaban J connectivity index is 1.74. The highest BCUT2D eigenvalue weighted by atomic mass is 16.5. The molecule has 1 unspecified atom stereocenters. The van der Waals surface area contributed by atoms with Crippen molar-refractivity contribution in [3.8, 4) is 0 Å². The van der Waals surface area contributed by atoms with Crippen molar-refractivity contribution < 1.29 is 4.74 Å². The molecular formula is C15H31N3O. The Hall–Kier alpha value is -0.160. The fraction of sp³-hybridized carbons (Fsp3) is 1.00. The number of ether oxygens (including phenoxy) is 1. The monoisotopic (exact) mass is 269 g/mol. The second-order valence-electron chi connectivity index (χ2n) is 5.93. The average Bonchev–Trinajstić information content (AvgIpc) is 2.48. The molecule has 1 atom stereocenters. The van der Waals surface area contributed by atoms with Crippen LogP contribution in [0.25, 0.3) is 0 Å². The van der Waals surface area contributed by atoms with E-state index < -0.39 is 0 Å². The molecule has 112 valence electrons. The Labute approximate surface area is 118 Å². The SMILES string of the molecule is CCN1CCOC(CN(CC)CC2CCNCC2)C1. The largest absolute Gasteiger partial charge is 0.374 e. The van der Waals surface area contributed by atoms with E-state index in [1.165, 1.54) is 32.5 Å². The third kappa shape index (κ3) is 5.03. The molecule has 4 heteroatoms. The maximum absolute atomic E-state index is 5.94. The minimum absolute atomic E-state index is 0.412. The molecule has 0 spiro atoms. The topological polar surface area (TPSA) is 27.7 Å². The highest BCUT2D eigenvalue weighted by molar-refractivity contribution is 4.77. The zero-order valence-electron chi connectivity index (χ0n) is 12.7. The number of rotatable bonds is 6. The molecule has 2 aliphatic rings. The molecule has 0 aromatic carbocycles. The van der Waals surface area contributed by atoms with Crippen molar-refractivity contribution in [2.75, 3.05) is 59.0 Å². The molecule has 0 aromatic heterocycles. The molecule has 2 aliphatic heterocycles. The molecule has 4 nitrogen and oxygen atoms in total. The number of nitrogens with zero attached hydrogens (tertiary/aromatic N) is 2. The Morgan fingerprint density at radius 3 is 2.68 bits per heavy atom. The number of likely N-dealkylation sites (N-methyl/N-ethyl adjacent to an activating group) is 2. The van der Waals surface area contributed by atoms with Crippen LogP contribution in [-0.2, 0) is 4.74 Å². The van der Waals surface area contributed by atoms with Gasteiger partial charge in [-0.2, -0.15) is 0 Å². The van der Waals surface area contributed by atoms with Gasteiger partial charge in [0, 0.05) is 26.2 Å². The van der Waals surface area contributed by atoms with Gasteiger partial charge < -0.3 is 15.0 Å². The van der Waals surface area contributed by atoms with E-state index >= 15 is 0 Å². The van der Waals surface area contributed by atoms with Gasteiger partial charge in [-0.3, -0.25) is 4.90 Å². The van der Waals surface area contributed by atoms with Crippen LogP contribution in [-0.4, -0.2) is 74.9 Å². The van der Waals surface area contributed by atoms with E-state index in [0.717, 1.165) is 45.2 Å². The van der Waals surface area contributed by atoms with Crippen LogP contribution in [0.15, 0.2) is 0 Å². The van der Waals surface area contributed by atoms with Crippen LogP contribution in [0.2, 0.25) is 0 Å². The van der Waals surface area contributed by atoms with Crippen LogP contribution >= 0.6 is 0 Å². The minimum Gasteiger partial charge on any atom is -0.374 e. The third-order valence-electron chi connectivity index (χ3n) is 4.55. The summed E-state index contributed by atoms with van der Waals surface area (Å²) in [5.74, 6) is 0.882. The van der Waals surface area contributed by atoms with Crippen molar-refractivity contribution in [2.24, 2.45) is 5.92 Å². The average molecular weight is 269 g/mol. The second-order valence-corrected chi connectivity index (χ2v) is 5.93. The van der Waals surface area contributed by atoms with Crippen LogP contribution in [0.3, 0.4) is 0 Å². The normalized spacial score (nSPS) is 27.0. The van der Waals surface area contributed by atoms with Crippen molar-refractivity contribution in [3.63, 3.8) is 0 Å². The van der Waals surface area contributed by atoms with E-state index in [9.17, 15) is 0 Å². The Kier molecular flexibility index (Phi) is 6.57. The maximum atomic E-state index is 5.94. The van der Waals surface area contributed by atoms with Gasteiger partial charge in [0.15, 0.2) is 0 Å². The summed E-state index contributed by atoms with van der Waals surface area (Å²) < 4.78 is 5.94. The Bertz CT molecular complexity index is 244. The van der Waals surface area contributed by atoms with E-state index in [4.69, 9.17) is 4.74 Å². The number of piperidine rings is 1. The second kappa shape index (κ2) is 8.20. The predicted octanol–water partition coefficient (Wildman–Crippen LogP) is 1.03. The van der Waals surface area contributed by atoms with Crippen molar-refractivity contribution >= 4 is 0 Å². The number of nitrogens with one attached hydrogen (secondary N) is 1. The van der Waals surface area contributed by atoms with Gasteiger partial charge in [0.1, 0.15) is 0 Å². The summed E-state index contributed by atoms with van der Waals surface area (Å²) in [7, 11) is 0. The zero-order valence-corrected chi connectivity index (χ0v) is 12.7.